The first-order valence-corrected chi connectivity index (χ1v) is 10.9. The van der Waals surface area contributed by atoms with Gasteiger partial charge in [0.15, 0.2) is 0 Å². The topological polar surface area (TPSA) is 115 Å². The molecule has 0 spiro atoms. The zero-order valence-electron chi connectivity index (χ0n) is 18.8. The number of phenolic OH excluding ortho intramolecular Hbond substituents is 2. The zero-order valence-corrected chi connectivity index (χ0v) is 18.8. The molecule has 1 aliphatic rings. The monoisotopic (exact) mass is 465 g/mol. The van der Waals surface area contributed by atoms with Crippen LogP contribution in [0.5, 0.6) is 11.5 Å². The first-order chi connectivity index (χ1) is 16.5. The second-order valence-corrected chi connectivity index (χ2v) is 7.60. The van der Waals surface area contributed by atoms with Gasteiger partial charge in [-0.3, -0.25) is 0 Å². The van der Waals surface area contributed by atoms with Crippen LogP contribution in [-0.2, 0) is 25.5 Å². The van der Waals surface area contributed by atoms with Crippen molar-refractivity contribution in [3.05, 3.63) is 83.5 Å². The molecule has 1 heterocycles. The summed E-state index contributed by atoms with van der Waals surface area (Å²) >= 11 is 0. The van der Waals surface area contributed by atoms with Gasteiger partial charge in [0.2, 0.25) is 6.61 Å². The number of phenols is 2. The van der Waals surface area contributed by atoms with E-state index >= 15 is 0 Å². The highest BCUT2D eigenvalue weighted by molar-refractivity contribution is 6.00. The number of carbonyl (C=O) groups is 2. The minimum atomic E-state index is -0.731. The van der Waals surface area contributed by atoms with Crippen molar-refractivity contribution in [3.63, 3.8) is 0 Å². The Kier molecular flexibility index (Phi) is 8.85. The maximum atomic E-state index is 13.2. The smallest absolute Gasteiger partial charge is 0.346 e. The van der Waals surface area contributed by atoms with Crippen molar-refractivity contribution >= 4 is 17.7 Å². The Morgan fingerprint density at radius 3 is 2.65 bits per heavy atom. The van der Waals surface area contributed by atoms with E-state index < -0.39 is 23.8 Å². The van der Waals surface area contributed by atoms with Crippen molar-refractivity contribution in [3.8, 4) is 11.5 Å². The highest BCUT2D eigenvalue weighted by Gasteiger charge is 2.24. The number of allylic oxidation sites excluding steroid dienone is 3. The molecule has 34 heavy (non-hydrogen) atoms. The lowest BCUT2D eigenvalue weighted by atomic mass is 9.99. The molecule has 1 atom stereocenters. The molecule has 0 fully saturated rings. The SMILES string of the molecule is COC(=O)CO/N=C1\C=C\CC/C=C/CC(c2ccccc2)OC(=O)c2c(O)cc(O)cc2C1. The standard InChI is InChI=1S/C26H27NO7/c1-32-24(30)17-33-27-20-12-8-3-2-4-9-13-23(18-10-6-5-7-11-18)34-26(31)25-19(14-20)15-21(28)16-22(25)29/h4-12,15-16,23,28-29H,2-3,13-14,17H2,1H3/b9-4+,12-8+,27-20+. The largest absolute Gasteiger partial charge is 0.508 e. The summed E-state index contributed by atoms with van der Waals surface area (Å²) in [4.78, 5) is 29.6. The lowest BCUT2D eigenvalue weighted by Crippen LogP contribution is -2.15. The molecule has 0 radical (unpaired) electrons. The van der Waals surface area contributed by atoms with Crippen molar-refractivity contribution in [1.29, 1.82) is 0 Å². The highest BCUT2D eigenvalue weighted by Crippen LogP contribution is 2.31. The minimum Gasteiger partial charge on any atom is -0.508 e. The van der Waals surface area contributed by atoms with Gasteiger partial charge in [0.1, 0.15) is 23.2 Å². The zero-order chi connectivity index (χ0) is 24.3. The van der Waals surface area contributed by atoms with Gasteiger partial charge in [-0.05, 0) is 36.1 Å². The van der Waals surface area contributed by atoms with E-state index in [0.29, 0.717) is 17.7 Å². The Labute approximate surface area is 197 Å². The summed E-state index contributed by atoms with van der Waals surface area (Å²) in [6, 6.07) is 11.8. The molecule has 1 unspecified atom stereocenters. The molecule has 0 saturated carbocycles. The third-order valence-electron chi connectivity index (χ3n) is 5.10. The van der Waals surface area contributed by atoms with Gasteiger partial charge in [-0.15, -0.1) is 0 Å². The molecular formula is C26H27NO7. The van der Waals surface area contributed by atoms with Crippen molar-refractivity contribution < 1.29 is 34.1 Å². The molecule has 8 nitrogen and oxygen atoms in total. The third-order valence-corrected chi connectivity index (χ3v) is 5.10. The predicted molar refractivity (Wildman–Crippen MR) is 126 cm³/mol. The molecule has 2 N–H and O–H groups in total. The van der Waals surface area contributed by atoms with Crippen molar-refractivity contribution in [2.75, 3.05) is 13.7 Å². The van der Waals surface area contributed by atoms with E-state index in [1.165, 1.54) is 13.2 Å². The van der Waals surface area contributed by atoms with Gasteiger partial charge in [-0.25, -0.2) is 9.59 Å². The maximum Gasteiger partial charge on any atom is 0.346 e. The van der Waals surface area contributed by atoms with Gasteiger partial charge >= 0.3 is 11.9 Å². The first-order valence-electron chi connectivity index (χ1n) is 10.9. The van der Waals surface area contributed by atoms with Crippen LogP contribution in [-0.4, -0.2) is 41.6 Å². The molecule has 2 aromatic carbocycles. The van der Waals surface area contributed by atoms with E-state index in [2.05, 4.69) is 9.89 Å². The number of hydrogen-bond donors (Lipinski definition) is 2. The van der Waals surface area contributed by atoms with E-state index in [0.717, 1.165) is 24.5 Å². The average Bonchev–Trinajstić information content (AvgIpc) is 2.82. The number of aromatic hydroxyl groups is 2. The number of cyclic esters (lactones) is 1. The summed E-state index contributed by atoms with van der Waals surface area (Å²) in [6.45, 7) is -0.379. The molecule has 178 valence electrons. The molecule has 0 amide bonds. The van der Waals surface area contributed by atoms with Gasteiger partial charge in [0.05, 0.1) is 12.8 Å². The van der Waals surface area contributed by atoms with Crippen LogP contribution in [0.3, 0.4) is 0 Å². The number of esters is 2. The summed E-state index contributed by atoms with van der Waals surface area (Å²) in [5, 5.41) is 24.5. The van der Waals surface area contributed by atoms with Crippen LogP contribution in [0.4, 0.5) is 0 Å². The van der Waals surface area contributed by atoms with Gasteiger partial charge in [-0.1, -0.05) is 53.7 Å². The molecular weight excluding hydrogens is 438 g/mol. The van der Waals surface area contributed by atoms with Gasteiger partial charge in [-0.2, -0.15) is 0 Å². The van der Waals surface area contributed by atoms with Crippen molar-refractivity contribution in [2.45, 2.75) is 31.8 Å². The first kappa shape index (κ1) is 24.6. The number of carbonyl (C=O) groups excluding carboxylic acids is 2. The fourth-order valence-corrected chi connectivity index (χ4v) is 3.45. The second-order valence-electron chi connectivity index (χ2n) is 7.60. The molecule has 0 aromatic heterocycles. The molecule has 0 bridgehead atoms. The number of nitrogens with zero attached hydrogens (tertiary/aromatic N) is 1. The van der Waals surface area contributed by atoms with E-state index in [-0.39, 0.29) is 24.3 Å². The van der Waals surface area contributed by atoms with Crippen LogP contribution in [0.2, 0.25) is 0 Å². The van der Waals surface area contributed by atoms with Crippen LogP contribution in [0.25, 0.3) is 0 Å². The number of oxime groups is 1. The second kappa shape index (κ2) is 12.2. The number of hydrogen-bond acceptors (Lipinski definition) is 8. The lowest BCUT2D eigenvalue weighted by molar-refractivity contribution is -0.145. The summed E-state index contributed by atoms with van der Waals surface area (Å²) in [6.07, 6.45) is 9.01. The number of rotatable bonds is 4. The Morgan fingerprint density at radius 1 is 1.12 bits per heavy atom. The van der Waals surface area contributed by atoms with Gasteiger partial charge in [0, 0.05) is 18.9 Å². The lowest BCUT2D eigenvalue weighted by Gasteiger charge is -2.19. The Balaban J connectivity index is 1.98. The predicted octanol–water partition coefficient (Wildman–Crippen LogP) is 4.38. The number of benzene rings is 2. The molecule has 1 aliphatic heterocycles. The fraction of sp³-hybridized carbons (Fsp3) is 0.269. The molecule has 3 rings (SSSR count). The summed E-state index contributed by atoms with van der Waals surface area (Å²) in [5.74, 6) is -1.95. The minimum absolute atomic E-state index is 0.0376. The highest BCUT2D eigenvalue weighted by atomic mass is 16.6. The van der Waals surface area contributed by atoms with Crippen LogP contribution < -0.4 is 0 Å². The molecule has 0 saturated heterocycles. The van der Waals surface area contributed by atoms with Crippen molar-refractivity contribution in [1.82, 2.24) is 0 Å². The van der Waals surface area contributed by atoms with E-state index in [9.17, 15) is 19.8 Å². The van der Waals surface area contributed by atoms with E-state index in [4.69, 9.17) is 9.57 Å². The van der Waals surface area contributed by atoms with Gasteiger partial charge in [0.25, 0.3) is 0 Å². The number of fused-ring (bicyclic) bond motifs is 1. The molecule has 0 aliphatic carbocycles. The summed E-state index contributed by atoms with van der Waals surface area (Å²) in [5.41, 5.74) is 1.43. The Bertz CT molecular complexity index is 1090. The third kappa shape index (κ3) is 6.96. The quantitative estimate of drug-likeness (QED) is 0.391. The van der Waals surface area contributed by atoms with Crippen LogP contribution in [0.1, 0.15) is 46.9 Å². The van der Waals surface area contributed by atoms with Crippen LogP contribution >= 0.6 is 0 Å². The molecule has 2 aromatic rings. The average molecular weight is 466 g/mol. The summed E-state index contributed by atoms with van der Waals surface area (Å²) in [7, 11) is 1.24. The normalized spacial score (nSPS) is 19.9. The fourth-order valence-electron chi connectivity index (χ4n) is 3.45. The Hall–Kier alpha value is -4.07. The van der Waals surface area contributed by atoms with Gasteiger partial charge < -0.3 is 24.5 Å². The summed E-state index contributed by atoms with van der Waals surface area (Å²) < 4.78 is 10.3. The number of methoxy groups -OCH3 is 1. The van der Waals surface area contributed by atoms with Crippen LogP contribution in [0, 0.1) is 0 Å². The maximum absolute atomic E-state index is 13.2. The van der Waals surface area contributed by atoms with Crippen LogP contribution in [0.15, 0.2) is 71.9 Å². The molecule has 8 heteroatoms. The van der Waals surface area contributed by atoms with E-state index in [1.807, 2.05) is 48.6 Å². The Morgan fingerprint density at radius 2 is 1.88 bits per heavy atom. The van der Waals surface area contributed by atoms with E-state index in [1.54, 1.807) is 6.08 Å². The number of ether oxygens (including phenoxy) is 2. The van der Waals surface area contributed by atoms with Crippen molar-refractivity contribution in [2.24, 2.45) is 5.16 Å².